The second-order valence-corrected chi connectivity index (χ2v) is 20.0. The first kappa shape index (κ1) is 34.1. The van der Waals surface area contributed by atoms with Gasteiger partial charge < -0.3 is 5.11 Å². The third-order valence-corrected chi connectivity index (χ3v) is 17.8. The highest BCUT2D eigenvalue weighted by molar-refractivity contribution is 7.90. The molecule has 2 N–H and O–H groups in total. The molecule has 7 rings (SSSR count). The molecule has 0 bridgehead atoms. The number of hydrogen-bond acceptors (Lipinski definition) is 4. The Hall–Kier alpha value is -2.41. The van der Waals surface area contributed by atoms with E-state index in [1.165, 1.54) is 5.57 Å². The quantitative estimate of drug-likeness (QED) is 0.281. The number of carboxylic acid groups (broad SMARTS) is 1. The van der Waals surface area contributed by atoms with E-state index >= 15 is 0 Å². The van der Waals surface area contributed by atoms with Gasteiger partial charge in [-0.3, -0.25) is 9.52 Å². The lowest BCUT2D eigenvalue weighted by atomic mass is 9.31. The monoisotopic (exact) mass is 675 g/mol. The number of hydrogen-bond donors (Lipinski definition) is 2. The molecule has 48 heavy (non-hydrogen) atoms. The summed E-state index contributed by atoms with van der Waals surface area (Å²) in [6.07, 6.45) is 13.9. The Morgan fingerprint density at radius 1 is 0.917 bits per heavy atom. The molecule has 9 atom stereocenters. The van der Waals surface area contributed by atoms with Crippen molar-refractivity contribution in [3.8, 4) is 0 Å². The Kier molecular flexibility index (Phi) is 7.84. The van der Waals surface area contributed by atoms with Crippen molar-refractivity contribution in [2.75, 3.05) is 0 Å². The Bertz CT molecular complexity index is 1670. The van der Waals surface area contributed by atoms with Gasteiger partial charge in [0.2, 0.25) is 15.9 Å². The molecule has 1 aromatic rings. The number of fused-ring (bicyclic) bond motifs is 7. The van der Waals surface area contributed by atoms with Crippen molar-refractivity contribution in [1.29, 1.82) is 0 Å². The summed E-state index contributed by atoms with van der Waals surface area (Å²) in [5, 5.41) is 9.07. The van der Waals surface area contributed by atoms with Crippen molar-refractivity contribution in [3.05, 3.63) is 53.6 Å². The van der Waals surface area contributed by atoms with Crippen LogP contribution in [-0.4, -0.2) is 30.7 Å². The summed E-state index contributed by atoms with van der Waals surface area (Å²) in [6, 6.07) is 7.45. The Morgan fingerprint density at radius 3 is 2.21 bits per heavy atom. The third kappa shape index (κ3) is 4.57. The van der Waals surface area contributed by atoms with Gasteiger partial charge in [-0.05, 0) is 158 Å². The lowest BCUT2D eigenvalue weighted by Crippen LogP contribution is -2.67. The van der Waals surface area contributed by atoms with Crippen LogP contribution in [0.25, 0.3) is 5.57 Å². The molecule has 0 heterocycles. The molecule has 0 saturated heterocycles. The van der Waals surface area contributed by atoms with Gasteiger partial charge in [0.05, 0.1) is 16.2 Å². The molecule has 0 aliphatic heterocycles. The van der Waals surface area contributed by atoms with Gasteiger partial charge in [0, 0.05) is 0 Å². The number of carbonyl (C=O) groups excluding carboxylic acids is 1. The Balaban J connectivity index is 1.25. The van der Waals surface area contributed by atoms with Crippen LogP contribution in [0.15, 0.2) is 42.5 Å². The predicted octanol–water partition coefficient (Wildman–Crippen LogP) is 9.03. The van der Waals surface area contributed by atoms with Crippen molar-refractivity contribution >= 4 is 27.5 Å². The molecule has 9 unspecified atom stereocenters. The van der Waals surface area contributed by atoms with E-state index in [-0.39, 0.29) is 39.4 Å². The molecule has 0 aromatic heterocycles. The summed E-state index contributed by atoms with van der Waals surface area (Å²) in [6.45, 7) is 19.0. The van der Waals surface area contributed by atoms with Gasteiger partial charge in [-0.2, -0.15) is 0 Å². The molecule has 6 nitrogen and oxygen atoms in total. The maximum atomic E-state index is 14.3. The van der Waals surface area contributed by atoms with Crippen LogP contribution in [0.4, 0.5) is 0 Å². The Morgan fingerprint density at radius 2 is 1.60 bits per heavy atom. The number of benzene rings is 1. The van der Waals surface area contributed by atoms with E-state index in [1.54, 1.807) is 12.1 Å². The number of rotatable bonds is 7. The summed E-state index contributed by atoms with van der Waals surface area (Å²) in [7, 11) is -3.62. The normalized spacial score (nSPS) is 41.5. The van der Waals surface area contributed by atoms with E-state index < -0.39 is 26.7 Å². The Labute approximate surface area is 288 Å². The molecule has 6 aliphatic carbocycles. The van der Waals surface area contributed by atoms with Crippen LogP contribution in [0.3, 0.4) is 0 Å². The first-order valence-electron chi connectivity index (χ1n) is 18.7. The van der Waals surface area contributed by atoms with Crippen molar-refractivity contribution < 1.29 is 23.1 Å². The summed E-state index contributed by atoms with van der Waals surface area (Å²) >= 11 is 0. The molecule has 7 heteroatoms. The van der Waals surface area contributed by atoms with Gasteiger partial charge in [-0.1, -0.05) is 65.0 Å². The lowest BCUT2D eigenvalue weighted by Gasteiger charge is -2.73. The van der Waals surface area contributed by atoms with Crippen molar-refractivity contribution in [1.82, 2.24) is 4.72 Å². The minimum atomic E-state index is -3.62. The van der Waals surface area contributed by atoms with Crippen molar-refractivity contribution in [2.45, 2.75) is 124 Å². The van der Waals surface area contributed by atoms with Crippen LogP contribution < -0.4 is 4.72 Å². The van der Waals surface area contributed by atoms with E-state index in [0.717, 1.165) is 75.3 Å². The SMILES string of the molecule is C=C(C)C1CCC2(C(=O)NS(=O)(=O)C3CC3)CCC3(CC)C(CCC4C5(C)CC=C(c6ccc(C(=O)O)cc6)C(C)(C)C5CCC43C)C12. The highest BCUT2D eigenvalue weighted by Crippen LogP contribution is 2.78. The molecule has 5 fully saturated rings. The van der Waals surface area contributed by atoms with E-state index in [9.17, 15) is 23.1 Å². The highest BCUT2D eigenvalue weighted by atomic mass is 32.2. The first-order chi connectivity index (χ1) is 22.5. The zero-order chi connectivity index (χ0) is 34.7. The average molecular weight is 676 g/mol. The fraction of sp³-hybridized carbons (Fsp3) is 0.707. The summed E-state index contributed by atoms with van der Waals surface area (Å²) in [5.74, 6) is 0.675. The highest BCUT2D eigenvalue weighted by Gasteiger charge is 2.72. The molecule has 5 saturated carbocycles. The van der Waals surface area contributed by atoms with Gasteiger partial charge in [-0.25, -0.2) is 13.2 Å². The van der Waals surface area contributed by atoms with Crippen LogP contribution in [0.2, 0.25) is 0 Å². The summed E-state index contributed by atoms with van der Waals surface area (Å²) < 4.78 is 28.8. The third-order valence-electron chi connectivity index (χ3n) is 16.0. The van der Waals surface area contributed by atoms with Gasteiger partial charge in [0.1, 0.15) is 0 Å². The van der Waals surface area contributed by atoms with Crippen LogP contribution in [0, 0.1) is 56.7 Å². The van der Waals surface area contributed by atoms with Crippen LogP contribution in [0.1, 0.15) is 135 Å². The molecule has 262 valence electrons. The standard InChI is InChI=1S/C41H57NO5S/c1-8-41-24-23-40(36(45)42-48(46,47)28-13-14-28)22-17-29(25(2)3)34(40)31(41)15-16-33-38(6)20-18-30(26-9-11-27(12-10-26)35(43)44)37(4,5)32(38)19-21-39(33,41)7/h9-12,18,28-29,31-34H,2,8,13-17,19-24H2,1,3-7H3,(H,42,45)(H,43,44). The van der Waals surface area contributed by atoms with Crippen LogP contribution in [-0.2, 0) is 14.8 Å². The zero-order valence-electron chi connectivity index (χ0n) is 30.0. The fourth-order valence-electron chi connectivity index (χ4n) is 13.7. The second kappa shape index (κ2) is 11.0. The number of amides is 1. The van der Waals surface area contributed by atoms with Crippen molar-refractivity contribution in [3.63, 3.8) is 0 Å². The number of sulfonamides is 1. The van der Waals surface area contributed by atoms with Gasteiger partial charge in [0.15, 0.2) is 0 Å². The van der Waals surface area contributed by atoms with Gasteiger partial charge in [0.25, 0.3) is 0 Å². The maximum Gasteiger partial charge on any atom is 0.335 e. The van der Waals surface area contributed by atoms with E-state index in [2.05, 4.69) is 58.9 Å². The minimum Gasteiger partial charge on any atom is -0.478 e. The van der Waals surface area contributed by atoms with E-state index in [0.29, 0.717) is 36.2 Å². The van der Waals surface area contributed by atoms with Crippen LogP contribution in [0.5, 0.6) is 0 Å². The molecule has 1 aromatic carbocycles. The topological polar surface area (TPSA) is 101 Å². The van der Waals surface area contributed by atoms with Crippen LogP contribution >= 0.6 is 0 Å². The molecular weight excluding hydrogens is 619 g/mol. The summed E-state index contributed by atoms with van der Waals surface area (Å²) in [4.78, 5) is 25.8. The van der Waals surface area contributed by atoms with Gasteiger partial charge in [-0.15, -0.1) is 0 Å². The van der Waals surface area contributed by atoms with Gasteiger partial charge >= 0.3 is 5.97 Å². The number of carbonyl (C=O) groups is 2. The maximum absolute atomic E-state index is 14.3. The largest absolute Gasteiger partial charge is 0.478 e. The lowest BCUT2D eigenvalue weighted by molar-refractivity contribution is -0.232. The number of nitrogens with one attached hydrogen (secondary N) is 1. The molecule has 1 amide bonds. The summed E-state index contributed by atoms with van der Waals surface area (Å²) in [5.41, 5.74) is 3.58. The second-order valence-electron chi connectivity index (χ2n) is 18.0. The molecule has 0 radical (unpaired) electrons. The predicted molar refractivity (Wildman–Crippen MR) is 190 cm³/mol. The molecular formula is C41H57NO5S. The number of aromatic carboxylic acids is 1. The van der Waals surface area contributed by atoms with E-state index in [4.69, 9.17) is 0 Å². The van der Waals surface area contributed by atoms with E-state index in [1.807, 2.05) is 12.1 Å². The minimum absolute atomic E-state index is 0.0569. The smallest absolute Gasteiger partial charge is 0.335 e. The number of carboxylic acids is 1. The number of allylic oxidation sites excluding steroid dienone is 3. The molecule has 0 spiro atoms. The zero-order valence-corrected chi connectivity index (χ0v) is 30.8. The van der Waals surface area contributed by atoms with Crippen molar-refractivity contribution in [2.24, 2.45) is 56.7 Å². The first-order valence-corrected chi connectivity index (χ1v) is 20.3. The fourth-order valence-corrected chi connectivity index (χ4v) is 15.1. The molecule has 6 aliphatic rings. The average Bonchev–Trinajstić information content (AvgIpc) is 3.81.